The number of carbonyl (C=O) groups excluding carboxylic acids is 2. The van der Waals surface area contributed by atoms with E-state index in [4.69, 9.17) is 0 Å². The fourth-order valence-corrected chi connectivity index (χ4v) is 0.911. The van der Waals surface area contributed by atoms with E-state index in [9.17, 15) is 9.59 Å². The summed E-state index contributed by atoms with van der Waals surface area (Å²) in [5.74, 6) is -0.328. The highest BCUT2D eigenvalue weighted by atomic mass is 16.2. The first-order valence-corrected chi connectivity index (χ1v) is 5.21. The zero-order chi connectivity index (χ0) is 11.8. The molecule has 0 aliphatic heterocycles. The molecule has 0 saturated heterocycles. The van der Waals surface area contributed by atoms with E-state index in [2.05, 4.69) is 16.0 Å². The van der Waals surface area contributed by atoms with Crippen molar-refractivity contribution >= 4 is 11.8 Å². The summed E-state index contributed by atoms with van der Waals surface area (Å²) in [5, 5.41) is 8.18. The molecule has 0 aromatic rings. The van der Waals surface area contributed by atoms with Gasteiger partial charge in [-0.15, -0.1) is 0 Å². The van der Waals surface area contributed by atoms with Gasteiger partial charge in [-0.3, -0.25) is 9.59 Å². The Morgan fingerprint density at radius 1 is 0.933 bits per heavy atom. The first-order chi connectivity index (χ1) is 6.91. The van der Waals surface area contributed by atoms with E-state index < -0.39 is 0 Å². The second-order valence-electron chi connectivity index (χ2n) is 4.03. The topological polar surface area (TPSA) is 70.2 Å². The molecule has 0 atom stereocenters. The predicted octanol–water partition coefficient (Wildman–Crippen LogP) is -0.375. The number of amides is 2. The van der Waals surface area contributed by atoms with Crippen molar-refractivity contribution < 1.29 is 9.59 Å². The van der Waals surface area contributed by atoms with E-state index in [1.807, 2.05) is 27.7 Å². The van der Waals surface area contributed by atoms with Crippen molar-refractivity contribution in [3.8, 4) is 0 Å². The Morgan fingerprint density at radius 3 is 2.00 bits per heavy atom. The molecule has 0 unspecified atom stereocenters. The molecule has 0 heterocycles. The SMILES string of the molecule is CC(C)NCC(=O)NCC(=O)NC(C)C. The number of carbonyl (C=O) groups is 2. The Balaban J connectivity index is 3.58. The maximum Gasteiger partial charge on any atom is 0.239 e. The monoisotopic (exact) mass is 215 g/mol. The maximum absolute atomic E-state index is 11.2. The smallest absolute Gasteiger partial charge is 0.239 e. The second kappa shape index (κ2) is 7.23. The normalized spacial score (nSPS) is 10.5. The van der Waals surface area contributed by atoms with E-state index in [1.54, 1.807) is 0 Å². The summed E-state index contributed by atoms with van der Waals surface area (Å²) in [4.78, 5) is 22.3. The van der Waals surface area contributed by atoms with Crippen LogP contribution in [0, 0.1) is 0 Å². The Labute approximate surface area is 91.0 Å². The van der Waals surface area contributed by atoms with Crippen LogP contribution < -0.4 is 16.0 Å². The third-order valence-electron chi connectivity index (χ3n) is 1.57. The lowest BCUT2D eigenvalue weighted by Crippen LogP contribution is -2.43. The fraction of sp³-hybridized carbons (Fsp3) is 0.800. The minimum atomic E-state index is -0.164. The van der Waals surface area contributed by atoms with Gasteiger partial charge in [0.25, 0.3) is 0 Å². The summed E-state index contributed by atoms with van der Waals surface area (Å²) in [6.07, 6.45) is 0. The minimum Gasteiger partial charge on any atom is -0.352 e. The van der Waals surface area contributed by atoms with Crippen molar-refractivity contribution in [2.75, 3.05) is 13.1 Å². The van der Waals surface area contributed by atoms with Crippen LogP contribution in [0.3, 0.4) is 0 Å². The molecular formula is C10H21N3O2. The van der Waals surface area contributed by atoms with E-state index in [0.29, 0.717) is 0 Å². The molecule has 3 N–H and O–H groups in total. The van der Waals surface area contributed by atoms with Crippen molar-refractivity contribution in [3.63, 3.8) is 0 Å². The van der Waals surface area contributed by atoms with Gasteiger partial charge in [0, 0.05) is 12.1 Å². The summed E-state index contributed by atoms with van der Waals surface area (Å²) >= 11 is 0. The molecule has 5 heteroatoms. The van der Waals surface area contributed by atoms with E-state index in [0.717, 1.165) is 0 Å². The molecule has 0 rings (SSSR count). The molecule has 0 aliphatic carbocycles. The third-order valence-corrected chi connectivity index (χ3v) is 1.57. The van der Waals surface area contributed by atoms with Gasteiger partial charge >= 0.3 is 0 Å². The maximum atomic E-state index is 11.2. The summed E-state index contributed by atoms with van der Waals surface area (Å²) in [7, 11) is 0. The minimum absolute atomic E-state index is 0.0385. The highest BCUT2D eigenvalue weighted by Gasteiger charge is 2.06. The number of hydrogen-bond acceptors (Lipinski definition) is 3. The molecule has 0 bridgehead atoms. The Kier molecular flexibility index (Phi) is 6.70. The zero-order valence-corrected chi connectivity index (χ0v) is 9.89. The summed E-state index contributed by atoms with van der Waals surface area (Å²) < 4.78 is 0. The van der Waals surface area contributed by atoms with Crippen molar-refractivity contribution in [2.45, 2.75) is 39.8 Å². The molecule has 0 radical (unpaired) electrons. The van der Waals surface area contributed by atoms with Crippen LogP contribution in [-0.4, -0.2) is 37.0 Å². The average Bonchev–Trinajstić information content (AvgIpc) is 2.10. The molecule has 0 aromatic heterocycles. The van der Waals surface area contributed by atoms with Crippen molar-refractivity contribution in [3.05, 3.63) is 0 Å². The lowest BCUT2D eigenvalue weighted by atomic mass is 10.4. The van der Waals surface area contributed by atoms with Crippen LogP contribution >= 0.6 is 0 Å². The molecular weight excluding hydrogens is 194 g/mol. The van der Waals surface area contributed by atoms with Crippen LogP contribution in [0.4, 0.5) is 0 Å². The van der Waals surface area contributed by atoms with Gasteiger partial charge in [0.2, 0.25) is 11.8 Å². The lowest BCUT2D eigenvalue weighted by Gasteiger charge is -2.10. The first-order valence-electron chi connectivity index (χ1n) is 5.21. The highest BCUT2D eigenvalue weighted by Crippen LogP contribution is 1.77. The number of rotatable bonds is 6. The average molecular weight is 215 g/mol. The van der Waals surface area contributed by atoms with E-state index in [1.165, 1.54) is 0 Å². The van der Waals surface area contributed by atoms with Crippen LogP contribution in [-0.2, 0) is 9.59 Å². The largest absolute Gasteiger partial charge is 0.352 e. The van der Waals surface area contributed by atoms with Crippen molar-refractivity contribution in [1.82, 2.24) is 16.0 Å². The Bertz CT molecular complexity index is 215. The van der Waals surface area contributed by atoms with Gasteiger partial charge in [0.1, 0.15) is 0 Å². The van der Waals surface area contributed by atoms with Crippen LogP contribution in [0.15, 0.2) is 0 Å². The molecule has 0 aliphatic rings. The van der Waals surface area contributed by atoms with Gasteiger partial charge < -0.3 is 16.0 Å². The van der Waals surface area contributed by atoms with Crippen LogP contribution in [0.1, 0.15) is 27.7 Å². The van der Waals surface area contributed by atoms with Gasteiger partial charge in [0.15, 0.2) is 0 Å². The highest BCUT2D eigenvalue weighted by molar-refractivity contribution is 5.85. The van der Waals surface area contributed by atoms with Crippen molar-refractivity contribution in [2.24, 2.45) is 0 Å². The summed E-state index contributed by atoms with van der Waals surface area (Å²) in [6, 6.07) is 0.364. The molecule has 0 aromatic carbocycles. The van der Waals surface area contributed by atoms with Crippen molar-refractivity contribution in [1.29, 1.82) is 0 Å². The fourth-order valence-electron chi connectivity index (χ4n) is 0.911. The van der Waals surface area contributed by atoms with Gasteiger partial charge in [-0.2, -0.15) is 0 Å². The van der Waals surface area contributed by atoms with E-state index in [-0.39, 0.29) is 37.0 Å². The predicted molar refractivity (Wildman–Crippen MR) is 59.4 cm³/mol. The molecule has 15 heavy (non-hydrogen) atoms. The zero-order valence-electron chi connectivity index (χ0n) is 9.89. The first kappa shape index (κ1) is 13.9. The second-order valence-corrected chi connectivity index (χ2v) is 4.03. The van der Waals surface area contributed by atoms with Crippen LogP contribution in [0.2, 0.25) is 0 Å². The van der Waals surface area contributed by atoms with E-state index >= 15 is 0 Å². The summed E-state index contributed by atoms with van der Waals surface area (Å²) in [6.45, 7) is 7.95. The van der Waals surface area contributed by atoms with Gasteiger partial charge in [-0.25, -0.2) is 0 Å². The molecule has 2 amide bonds. The van der Waals surface area contributed by atoms with Gasteiger partial charge in [-0.1, -0.05) is 13.8 Å². The van der Waals surface area contributed by atoms with Crippen LogP contribution in [0.25, 0.3) is 0 Å². The molecule has 0 fully saturated rings. The number of nitrogens with one attached hydrogen (secondary N) is 3. The molecule has 5 nitrogen and oxygen atoms in total. The quantitative estimate of drug-likeness (QED) is 0.566. The van der Waals surface area contributed by atoms with Gasteiger partial charge in [0.05, 0.1) is 13.1 Å². The van der Waals surface area contributed by atoms with Crippen LogP contribution in [0.5, 0.6) is 0 Å². The lowest BCUT2D eigenvalue weighted by molar-refractivity contribution is -0.125. The molecule has 88 valence electrons. The molecule has 0 saturated carbocycles. The Morgan fingerprint density at radius 2 is 1.53 bits per heavy atom. The standard InChI is InChI=1S/C10H21N3O2/c1-7(2)11-5-9(14)12-6-10(15)13-8(3)4/h7-8,11H,5-6H2,1-4H3,(H,12,14)(H,13,15). The molecule has 0 spiro atoms. The Hall–Kier alpha value is -1.10. The van der Waals surface area contributed by atoms with Gasteiger partial charge in [-0.05, 0) is 13.8 Å². The third kappa shape index (κ3) is 9.21. The number of hydrogen-bond donors (Lipinski definition) is 3. The summed E-state index contributed by atoms with van der Waals surface area (Å²) in [5.41, 5.74) is 0.